The molecule has 0 atom stereocenters. The van der Waals surface area contributed by atoms with Gasteiger partial charge in [-0.25, -0.2) is 0 Å². The highest BCUT2D eigenvalue weighted by Gasteiger charge is 2.10. The Morgan fingerprint density at radius 3 is 2.68 bits per heavy atom. The maximum absolute atomic E-state index is 11.9. The van der Waals surface area contributed by atoms with Crippen molar-refractivity contribution < 1.29 is 4.79 Å². The van der Waals surface area contributed by atoms with Gasteiger partial charge in [-0.15, -0.1) is 0 Å². The largest absolute Gasteiger partial charge is 0.389 e. The van der Waals surface area contributed by atoms with Gasteiger partial charge in [-0.05, 0) is 24.0 Å². The number of benzene rings is 1. The first-order chi connectivity index (χ1) is 8.90. The van der Waals surface area contributed by atoms with Crippen molar-refractivity contribution in [2.24, 2.45) is 11.7 Å². The molecule has 0 spiro atoms. The lowest BCUT2D eigenvalue weighted by atomic mass is 10.1. The van der Waals surface area contributed by atoms with Crippen LogP contribution < -0.4 is 5.73 Å². The molecular weight excluding hydrogens is 256 g/mol. The molecule has 0 aliphatic carbocycles. The fourth-order valence-electron chi connectivity index (χ4n) is 1.79. The summed E-state index contributed by atoms with van der Waals surface area (Å²) in [5.41, 5.74) is 7.50. The zero-order valence-corrected chi connectivity index (χ0v) is 12.7. The standard InChI is InChI=1S/C15H22N2OS/c1-11(2)7-8-14(18)17(3)10-12-5-4-6-13(9-12)15(16)19/h4-6,9,11H,7-8,10H2,1-3H3,(H2,16,19). The number of nitrogens with zero attached hydrogens (tertiary/aromatic N) is 1. The van der Waals surface area contributed by atoms with Crippen LogP contribution in [0.1, 0.15) is 37.8 Å². The fraction of sp³-hybridized carbons (Fsp3) is 0.467. The summed E-state index contributed by atoms with van der Waals surface area (Å²) < 4.78 is 0. The zero-order chi connectivity index (χ0) is 14.4. The predicted octanol–water partition coefficient (Wildman–Crippen LogP) is 2.72. The van der Waals surface area contributed by atoms with Crippen LogP contribution in [0.15, 0.2) is 24.3 Å². The van der Waals surface area contributed by atoms with Crippen molar-refractivity contribution in [1.29, 1.82) is 0 Å². The normalized spacial score (nSPS) is 10.5. The van der Waals surface area contributed by atoms with Gasteiger partial charge in [0.2, 0.25) is 5.91 Å². The SMILES string of the molecule is CC(C)CCC(=O)N(C)Cc1cccc(C(N)=S)c1. The molecule has 0 radical (unpaired) electrons. The predicted molar refractivity (Wildman–Crippen MR) is 82.9 cm³/mol. The molecule has 0 fully saturated rings. The van der Waals surface area contributed by atoms with Crippen LogP contribution >= 0.6 is 12.2 Å². The topological polar surface area (TPSA) is 46.3 Å². The first kappa shape index (κ1) is 15.6. The van der Waals surface area contributed by atoms with E-state index in [4.69, 9.17) is 18.0 Å². The van der Waals surface area contributed by atoms with E-state index in [2.05, 4.69) is 13.8 Å². The number of carbonyl (C=O) groups is 1. The first-order valence-corrected chi connectivity index (χ1v) is 6.93. The highest BCUT2D eigenvalue weighted by molar-refractivity contribution is 7.80. The molecule has 0 aromatic heterocycles. The van der Waals surface area contributed by atoms with Gasteiger partial charge in [0.25, 0.3) is 0 Å². The molecule has 1 aromatic rings. The molecule has 19 heavy (non-hydrogen) atoms. The van der Waals surface area contributed by atoms with Gasteiger partial charge in [0.1, 0.15) is 4.99 Å². The number of thiocarbonyl (C=S) groups is 1. The number of carbonyl (C=O) groups excluding carboxylic acids is 1. The van der Waals surface area contributed by atoms with E-state index in [1.807, 2.05) is 31.3 Å². The maximum atomic E-state index is 11.9. The molecule has 3 nitrogen and oxygen atoms in total. The molecular formula is C15H22N2OS. The van der Waals surface area contributed by atoms with Crippen molar-refractivity contribution in [3.63, 3.8) is 0 Å². The van der Waals surface area contributed by atoms with Crippen molar-refractivity contribution >= 4 is 23.1 Å². The third-order valence-corrected chi connectivity index (χ3v) is 3.23. The van der Waals surface area contributed by atoms with Crippen LogP contribution in [-0.4, -0.2) is 22.8 Å². The second kappa shape index (κ2) is 7.24. The van der Waals surface area contributed by atoms with Crippen LogP contribution in [0, 0.1) is 5.92 Å². The third kappa shape index (κ3) is 5.39. The highest BCUT2D eigenvalue weighted by Crippen LogP contribution is 2.10. The van der Waals surface area contributed by atoms with Gasteiger partial charge in [0, 0.05) is 25.6 Å². The summed E-state index contributed by atoms with van der Waals surface area (Å²) in [4.78, 5) is 14.1. The first-order valence-electron chi connectivity index (χ1n) is 6.53. The number of hydrogen-bond donors (Lipinski definition) is 1. The molecule has 0 saturated carbocycles. The van der Waals surface area contributed by atoms with Gasteiger partial charge in [-0.3, -0.25) is 4.79 Å². The molecule has 0 aliphatic heterocycles. The summed E-state index contributed by atoms with van der Waals surface area (Å²) in [7, 11) is 1.83. The molecule has 1 amide bonds. The van der Waals surface area contributed by atoms with Crippen molar-refractivity contribution in [2.45, 2.75) is 33.2 Å². The minimum atomic E-state index is 0.175. The minimum Gasteiger partial charge on any atom is -0.389 e. The summed E-state index contributed by atoms with van der Waals surface area (Å²) >= 11 is 4.95. The summed E-state index contributed by atoms with van der Waals surface area (Å²) in [6, 6.07) is 7.71. The second-order valence-corrected chi connectivity index (χ2v) is 5.69. The smallest absolute Gasteiger partial charge is 0.222 e. The number of hydrogen-bond acceptors (Lipinski definition) is 2. The molecule has 0 unspecified atom stereocenters. The molecule has 104 valence electrons. The highest BCUT2D eigenvalue weighted by atomic mass is 32.1. The number of nitrogens with two attached hydrogens (primary N) is 1. The van der Waals surface area contributed by atoms with Crippen molar-refractivity contribution in [2.75, 3.05) is 7.05 Å². The molecule has 1 aromatic carbocycles. The quantitative estimate of drug-likeness (QED) is 0.814. The van der Waals surface area contributed by atoms with Gasteiger partial charge >= 0.3 is 0 Å². The van der Waals surface area contributed by atoms with Crippen LogP contribution in [0.25, 0.3) is 0 Å². The molecule has 1 rings (SSSR count). The van der Waals surface area contributed by atoms with Gasteiger partial charge in [-0.2, -0.15) is 0 Å². The van der Waals surface area contributed by atoms with Gasteiger partial charge in [0.15, 0.2) is 0 Å². The van der Waals surface area contributed by atoms with Crippen molar-refractivity contribution in [3.8, 4) is 0 Å². The maximum Gasteiger partial charge on any atom is 0.222 e. The molecule has 0 heterocycles. The summed E-state index contributed by atoms with van der Waals surface area (Å²) in [5, 5.41) is 0. The molecule has 2 N–H and O–H groups in total. The van der Waals surface area contributed by atoms with E-state index in [1.54, 1.807) is 4.90 Å². The summed E-state index contributed by atoms with van der Waals surface area (Å²) in [6.45, 7) is 4.84. The minimum absolute atomic E-state index is 0.175. The average Bonchev–Trinajstić information content (AvgIpc) is 2.36. The van der Waals surface area contributed by atoms with Crippen LogP contribution in [0.5, 0.6) is 0 Å². The van der Waals surface area contributed by atoms with Crippen molar-refractivity contribution in [3.05, 3.63) is 35.4 Å². The van der Waals surface area contributed by atoms with E-state index >= 15 is 0 Å². The van der Waals surface area contributed by atoms with E-state index in [0.29, 0.717) is 23.9 Å². The lowest BCUT2D eigenvalue weighted by molar-refractivity contribution is -0.130. The Hall–Kier alpha value is -1.42. The fourth-order valence-corrected chi connectivity index (χ4v) is 1.91. The van der Waals surface area contributed by atoms with Crippen LogP contribution in [-0.2, 0) is 11.3 Å². The Morgan fingerprint density at radius 1 is 1.42 bits per heavy atom. The van der Waals surface area contributed by atoms with Gasteiger partial charge in [-0.1, -0.05) is 44.3 Å². The Balaban J connectivity index is 2.61. The Bertz CT molecular complexity index is 457. The molecule has 0 aliphatic rings. The zero-order valence-electron chi connectivity index (χ0n) is 11.8. The molecule has 0 saturated heterocycles. The van der Waals surface area contributed by atoms with E-state index in [0.717, 1.165) is 17.5 Å². The van der Waals surface area contributed by atoms with E-state index < -0.39 is 0 Å². The van der Waals surface area contributed by atoms with E-state index in [1.165, 1.54) is 0 Å². The van der Waals surface area contributed by atoms with Crippen molar-refractivity contribution in [1.82, 2.24) is 4.90 Å². The monoisotopic (exact) mass is 278 g/mol. The number of amides is 1. The Labute approximate surface area is 120 Å². The second-order valence-electron chi connectivity index (χ2n) is 5.25. The van der Waals surface area contributed by atoms with E-state index in [9.17, 15) is 4.79 Å². The average molecular weight is 278 g/mol. The third-order valence-electron chi connectivity index (χ3n) is 2.99. The van der Waals surface area contributed by atoms with Crippen LogP contribution in [0.4, 0.5) is 0 Å². The van der Waals surface area contributed by atoms with Gasteiger partial charge < -0.3 is 10.6 Å². The Morgan fingerprint density at radius 2 is 2.11 bits per heavy atom. The van der Waals surface area contributed by atoms with Crippen LogP contribution in [0.3, 0.4) is 0 Å². The number of rotatable bonds is 6. The summed E-state index contributed by atoms with van der Waals surface area (Å²) in [6.07, 6.45) is 1.53. The Kier molecular flexibility index (Phi) is 5.96. The van der Waals surface area contributed by atoms with Gasteiger partial charge in [0.05, 0.1) is 0 Å². The molecule has 0 bridgehead atoms. The lowest BCUT2D eigenvalue weighted by Gasteiger charge is -2.18. The van der Waals surface area contributed by atoms with Crippen LogP contribution in [0.2, 0.25) is 0 Å². The summed E-state index contributed by atoms with van der Waals surface area (Å²) in [5.74, 6) is 0.727. The van der Waals surface area contributed by atoms with E-state index in [-0.39, 0.29) is 5.91 Å². The molecule has 4 heteroatoms. The lowest BCUT2D eigenvalue weighted by Crippen LogP contribution is -2.26.